The predicted molar refractivity (Wildman–Crippen MR) is 121 cm³/mol. The molecule has 30 heavy (non-hydrogen) atoms. The van der Waals surface area contributed by atoms with Gasteiger partial charge in [-0.2, -0.15) is 0 Å². The van der Waals surface area contributed by atoms with Gasteiger partial charge in [0.2, 0.25) is 0 Å². The third-order valence-corrected chi connectivity index (χ3v) is 6.15. The topological polar surface area (TPSA) is 98.6 Å². The van der Waals surface area contributed by atoms with Crippen LogP contribution in [0.4, 0.5) is 11.4 Å². The number of rotatable bonds is 4. The number of aromatic carboxylic acids is 1. The number of carboxylic acid groups (broad SMARTS) is 1. The minimum Gasteiger partial charge on any atom is -0.478 e. The zero-order chi connectivity index (χ0) is 21.6. The zero-order valence-electron chi connectivity index (χ0n) is 16.9. The summed E-state index contributed by atoms with van der Waals surface area (Å²) in [5.41, 5.74) is 18.4. The van der Waals surface area contributed by atoms with E-state index in [2.05, 4.69) is 26.0 Å². The quantitative estimate of drug-likeness (QED) is 0.367. The molecule has 154 valence electrons. The van der Waals surface area contributed by atoms with Crippen LogP contribution in [0.2, 0.25) is 5.02 Å². The lowest BCUT2D eigenvalue weighted by atomic mass is 9.89. The van der Waals surface area contributed by atoms with Crippen LogP contribution in [0.3, 0.4) is 0 Å². The van der Waals surface area contributed by atoms with Crippen molar-refractivity contribution in [2.24, 2.45) is 0 Å². The van der Waals surface area contributed by atoms with Gasteiger partial charge in [-0.05, 0) is 41.2 Å². The maximum Gasteiger partial charge on any atom is 0.336 e. The molecule has 3 aromatic carbocycles. The highest BCUT2D eigenvalue weighted by Gasteiger charge is 2.30. The Morgan fingerprint density at radius 3 is 2.47 bits per heavy atom. The zero-order valence-corrected chi connectivity index (χ0v) is 17.6. The molecule has 0 unspecified atom stereocenters. The molecule has 3 aromatic rings. The van der Waals surface area contributed by atoms with Crippen molar-refractivity contribution < 1.29 is 14.6 Å². The maximum atomic E-state index is 11.7. The molecule has 1 aliphatic rings. The Kier molecular flexibility index (Phi) is 5.08. The molecule has 0 aliphatic carbocycles. The minimum absolute atomic E-state index is 0.114. The Bertz CT molecular complexity index is 1190. The monoisotopic (exact) mass is 422 g/mol. The number of fused-ring (bicyclic) bond motifs is 2. The molecule has 1 aliphatic heterocycles. The molecule has 0 atom stereocenters. The molecule has 0 spiro atoms. The molecule has 5 N–H and O–H groups in total. The molecule has 6 heteroatoms. The van der Waals surface area contributed by atoms with Gasteiger partial charge in [0.05, 0.1) is 22.0 Å². The average molecular weight is 423 g/mol. The highest BCUT2D eigenvalue weighted by molar-refractivity contribution is 6.36. The van der Waals surface area contributed by atoms with Gasteiger partial charge in [-0.15, -0.1) is 0 Å². The fourth-order valence-corrected chi connectivity index (χ4v) is 4.56. The summed E-state index contributed by atoms with van der Waals surface area (Å²) < 4.78 is 6.30. The third kappa shape index (κ3) is 2.97. The Hall–Kier alpha value is -3.18. The normalized spacial score (nSPS) is 12.1. The lowest BCUT2D eigenvalue weighted by Gasteiger charge is -2.28. The second-order valence-electron chi connectivity index (χ2n) is 7.35. The number of anilines is 2. The number of nitrogens with two attached hydrogens (primary N) is 2. The lowest BCUT2D eigenvalue weighted by Crippen LogP contribution is -2.12. The van der Waals surface area contributed by atoms with Crippen LogP contribution in [0, 0.1) is 0 Å². The van der Waals surface area contributed by atoms with Crippen LogP contribution in [0.5, 0.6) is 11.5 Å². The summed E-state index contributed by atoms with van der Waals surface area (Å²) in [7, 11) is 0. The number of hydrogen-bond acceptors (Lipinski definition) is 4. The fourth-order valence-electron chi connectivity index (χ4n) is 4.21. The Morgan fingerprint density at radius 1 is 1.07 bits per heavy atom. The van der Waals surface area contributed by atoms with Crippen LogP contribution in [0.15, 0.2) is 36.4 Å². The van der Waals surface area contributed by atoms with Crippen LogP contribution < -0.4 is 16.2 Å². The second kappa shape index (κ2) is 7.58. The number of benzene rings is 3. The van der Waals surface area contributed by atoms with E-state index in [0.29, 0.717) is 28.3 Å². The summed E-state index contributed by atoms with van der Waals surface area (Å²) in [5, 5.41) is 9.98. The molecular formula is C24H23ClN2O3. The average Bonchev–Trinajstić information content (AvgIpc) is 2.76. The first kappa shape index (κ1) is 20.1. The van der Waals surface area contributed by atoms with Crippen LogP contribution in [0.1, 0.15) is 46.5 Å². The standard InChI is InChI=1S/C24H23ClN2O3/c1-3-12-9-10-13-11-17-19(25)18(15-7-5-6-8-16(15)24(28)29)20(26)21(27)23(17)30-22(13)14(12)4-2/h5-10H,3-4,11,26-27H2,1-2H3,(H,28,29). The van der Waals surface area contributed by atoms with Crippen LogP contribution >= 0.6 is 11.6 Å². The van der Waals surface area contributed by atoms with Crippen molar-refractivity contribution in [3.63, 3.8) is 0 Å². The number of carbonyl (C=O) groups is 1. The molecular weight excluding hydrogens is 400 g/mol. The van der Waals surface area contributed by atoms with Crippen molar-refractivity contribution in [1.82, 2.24) is 0 Å². The van der Waals surface area contributed by atoms with Gasteiger partial charge in [-0.25, -0.2) is 4.79 Å². The van der Waals surface area contributed by atoms with Crippen molar-refractivity contribution in [2.45, 2.75) is 33.1 Å². The van der Waals surface area contributed by atoms with Crippen molar-refractivity contribution in [3.05, 3.63) is 69.2 Å². The van der Waals surface area contributed by atoms with E-state index < -0.39 is 5.97 Å². The Labute approximate surface area is 180 Å². The Balaban J connectivity index is 1.95. The molecule has 0 aromatic heterocycles. The molecule has 5 nitrogen and oxygen atoms in total. The number of hydrogen-bond donors (Lipinski definition) is 3. The van der Waals surface area contributed by atoms with E-state index in [-0.39, 0.29) is 16.9 Å². The largest absolute Gasteiger partial charge is 0.478 e. The van der Waals surface area contributed by atoms with E-state index in [1.165, 1.54) is 11.6 Å². The summed E-state index contributed by atoms with van der Waals surface area (Å²) in [6, 6.07) is 10.8. The summed E-state index contributed by atoms with van der Waals surface area (Å²) in [5.74, 6) is 0.230. The number of ether oxygens (including phenoxy) is 1. The number of carboxylic acids is 1. The summed E-state index contributed by atoms with van der Waals surface area (Å²) in [6.45, 7) is 4.22. The van der Waals surface area contributed by atoms with Crippen molar-refractivity contribution in [2.75, 3.05) is 11.5 Å². The van der Waals surface area contributed by atoms with Gasteiger partial charge < -0.3 is 21.3 Å². The molecule has 0 saturated carbocycles. The van der Waals surface area contributed by atoms with Gasteiger partial charge in [-0.1, -0.05) is 55.8 Å². The smallest absolute Gasteiger partial charge is 0.336 e. The van der Waals surface area contributed by atoms with Crippen molar-refractivity contribution in [1.29, 1.82) is 0 Å². The van der Waals surface area contributed by atoms with E-state index in [0.717, 1.165) is 35.3 Å². The van der Waals surface area contributed by atoms with Gasteiger partial charge in [0.15, 0.2) is 5.75 Å². The fraction of sp³-hybridized carbons (Fsp3) is 0.208. The highest BCUT2D eigenvalue weighted by Crippen LogP contribution is 2.52. The molecule has 0 fully saturated rings. The van der Waals surface area contributed by atoms with E-state index in [1.54, 1.807) is 18.2 Å². The van der Waals surface area contributed by atoms with Gasteiger partial charge in [0.25, 0.3) is 0 Å². The molecule has 1 heterocycles. The Morgan fingerprint density at radius 2 is 1.80 bits per heavy atom. The van der Waals surface area contributed by atoms with Gasteiger partial charge in [0, 0.05) is 17.5 Å². The molecule has 0 radical (unpaired) electrons. The maximum absolute atomic E-state index is 11.7. The summed E-state index contributed by atoms with van der Waals surface area (Å²) >= 11 is 6.81. The number of aryl methyl sites for hydroxylation is 1. The summed E-state index contributed by atoms with van der Waals surface area (Å²) in [4.78, 5) is 11.7. The van der Waals surface area contributed by atoms with Crippen molar-refractivity contribution in [3.8, 4) is 22.6 Å². The van der Waals surface area contributed by atoms with Crippen LogP contribution in [-0.4, -0.2) is 11.1 Å². The first-order valence-electron chi connectivity index (χ1n) is 9.92. The molecule has 4 rings (SSSR count). The molecule has 0 bridgehead atoms. The van der Waals surface area contributed by atoms with E-state index in [1.807, 2.05) is 0 Å². The second-order valence-corrected chi connectivity index (χ2v) is 7.73. The van der Waals surface area contributed by atoms with Crippen LogP contribution in [0.25, 0.3) is 11.1 Å². The number of halogens is 1. The SMILES string of the molecule is CCc1ccc2c(c1CC)Oc1c(N)c(N)c(-c3ccccc3C(=O)O)c(Cl)c1C2. The predicted octanol–water partition coefficient (Wildman–Crippen LogP) is 5.69. The lowest BCUT2D eigenvalue weighted by molar-refractivity contribution is 0.0697. The first-order valence-corrected chi connectivity index (χ1v) is 10.3. The molecule has 0 amide bonds. The van der Waals surface area contributed by atoms with Gasteiger partial charge >= 0.3 is 5.97 Å². The van der Waals surface area contributed by atoms with Gasteiger partial charge in [-0.3, -0.25) is 0 Å². The first-order chi connectivity index (χ1) is 14.4. The summed E-state index contributed by atoms with van der Waals surface area (Å²) in [6.07, 6.45) is 2.29. The highest BCUT2D eigenvalue weighted by atomic mass is 35.5. The van der Waals surface area contributed by atoms with E-state index >= 15 is 0 Å². The molecule has 0 saturated heterocycles. The number of nitrogen functional groups attached to an aromatic ring is 2. The van der Waals surface area contributed by atoms with Gasteiger partial charge in [0.1, 0.15) is 5.75 Å². The van der Waals surface area contributed by atoms with Crippen molar-refractivity contribution >= 4 is 28.9 Å². The third-order valence-electron chi connectivity index (χ3n) is 5.73. The minimum atomic E-state index is -1.06. The van der Waals surface area contributed by atoms with E-state index in [9.17, 15) is 9.90 Å². The van der Waals surface area contributed by atoms with Crippen LogP contribution in [-0.2, 0) is 19.3 Å². The van der Waals surface area contributed by atoms with E-state index in [4.69, 9.17) is 27.8 Å².